The van der Waals surface area contributed by atoms with Crippen LogP contribution in [0.2, 0.25) is 0 Å². The molecule has 26 heavy (non-hydrogen) atoms. The summed E-state index contributed by atoms with van der Waals surface area (Å²) in [5, 5.41) is 9.35. The summed E-state index contributed by atoms with van der Waals surface area (Å²) >= 11 is 0. The molecule has 0 fully saturated rings. The molecule has 0 spiro atoms. The molecule has 0 aliphatic heterocycles. The molecule has 0 aliphatic rings. The van der Waals surface area contributed by atoms with E-state index in [0.717, 1.165) is 33.4 Å². The highest BCUT2D eigenvalue weighted by molar-refractivity contribution is 5.92. The van der Waals surface area contributed by atoms with Crippen molar-refractivity contribution in [3.63, 3.8) is 0 Å². The van der Waals surface area contributed by atoms with Gasteiger partial charge in [-0.05, 0) is 48.2 Å². The largest absolute Gasteiger partial charge is 0.361 e. The van der Waals surface area contributed by atoms with Crippen LogP contribution in [-0.2, 0) is 0 Å². The van der Waals surface area contributed by atoms with E-state index >= 15 is 0 Å². The Morgan fingerprint density at radius 3 is 2.69 bits per heavy atom. The molecule has 3 heterocycles. The predicted octanol–water partition coefficient (Wildman–Crippen LogP) is 5.22. The van der Waals surface area contributed by atoms with E-state index in [1.54, 1.807) is 13.0 Å². The molecule has 2 N–H and O–H groups in total. The minimum absolute atomic E-state index is 0.228. The Balaban J connectivity index is 1.61. The first-order valence-electron chi connectivity index (χ1n) is 8.38. The predicted molar refractivity (Wildman–Crippen MR) is 101 cm³/mol. The first-order chi connectivity index (χ1) is 12.7. The average molecular weight is 342 g/mol. The Morgan fingerprint density at radius 2 is 1.81 bits per heavy atom. The number of halogens is 1. The van der Waals surface area contributed by atoms with Crippen LogP contribution < -0.4 is 0 Å². The quantitative estimate of drug-likeness (QED) is 0.462. The van der Waals surface area contributed by atoms with Crippen molar-refractivity contribution < 1.29 is 4.39 Å². The fraction of sp³-hybridized carbons (Fsp3) is 0.0476. The van der Waals surface area contributed by atoms with Crippen molar-refractivity contribution in [2.24, 2.45) is 0 Å². The topological polar surface area (TPSA) is 57.4 Å². The maximum Gasteiger partial charge on any atom is 0.182 e. The number of benzene rings is 2. The van der Waals surface area contributed by atoms with Crippen molar-refractivity contribution in [3.8, 4) is 22.5 Å². The maximum atomic E-state index is 13.9. The zero-order valence-electron chi connectivity index (χ0n) is 14.0. The second-order valence-corrected chi connectivity index (χ2v) is 6.41. The Bertz CT molecular complexity index is 1270. The number of rotatable bonds is 2. The second kappa shape index (κ2) is 5.52. The molecule has 0 amide bonds. The third kappa shape index (κ3) is 2.29. The van der Waals surface area contributed by atoms with Crippen molar-refractivity contribution >= 4 is 21.9 Å². The van der Waals surface area contributed by atoms with E-state index in [1.807, 2.05) is 36.5 Å². The first kappa shape index (κ1) is 14.8. The van der Waals surface area contributed by atoms with Crippen LogP contribution in [0.4, 0.5) is 4.39 Å². The molecular weight excluding hydrogens is 327 g/mol. The van der Waals surface area contributed by atoms with E-state index in [1.165, 1.54) is 11.5 Å². The molecular formula is C21H15FN4. The molecule has 0 unspecified atom stereocenters. The van der Waals surface area contributed by atoms with Crippen LogP contribution >= 0.6 is 0 Å². The van der Waals surface area contributed by atoms with Crippen molar-refractivity contribution in [2.45, 2.75) is 6.92 Å². The van der Waals surface area contributed by atoms with Gasteiger partial charge in [0.15, 0.2) is 5.65 Å². The van der Waals surface area contributed by atoms with Crippen LogP contribution in [0.3, 0.4) is 0 Å². The summed E-state index contributed by atoms with van der Waals surface area (Å²) in [7, 11) is 0. The van der Waals surface area contributed by atoms with Crippen LogP contribution in [0, 0.1) is 12.7 Å². The fourth-order valence-electron chi connectivity index (χ4n) is 3.23. The summed E-state index contributed by atoms with van der Waals surface area (Å²) in [6.07, 6.45) is 1.92. The van der Waals surface area contributed by atoms with E-state index in [2.05, 4.69) is 32.3 Å². The van der Waals surface area contributed by atoms with E-state index in [-0.39, 0.29) is 5.82 Å². The van der Waals surface area contributed by atoms with Crippen LogP contribution in [0.15, 0.2) is 60.8 Å². The minimum Gasteiger partial charge on any atom is -0.361 e. The summed E-state index contributed by atoms with van der Waals surface area (Å²) < 4.78 is 13.9. The van der Waals surface area contributed by atoms with E-state index < -0.39 is 0 Å². The molecule has 2 aromatic carbocycles. The number of aromatic nitrogens is 4. The zero-order valence-corrected chi connectivity index (χ0v) is 14.0. The maximum absolute atomic E-state index is 13.9. The molecule has 0 atom stereocenters. The van der Waals surface area contributed by atoms with Gasteiger partial charge >= 0.3 is 0 Å². The van der Waals surface area contributed by atoms with Gasteiger partial charge in [-0.25, -0.2) is 9.37 Å². The SMILES string of the molecule is Cc1ccc(-c2[nH]nc3nc(-c4ccc5cc[nH]c5c4)ccc23)cc1F. The number of hydrogen-bond donors (Lipinski definition) is 2. The number of fused-ring (bicyclic) bond motifs is 2. The van der Waals surface area contributed by atoms with Crippen molar-refractivity contribution in [3.05, 3.63) is 72.2 Å². The molecule has 0 radical (unpaired) electrons. The molecule has 5 rings (SSSR count). The van der Waals surface area contributed by atoms with Gasteiger partial charge in [0.05, 0.1) is 11.4 Å². The molecule has 5 heteroatoms. The fourth-order valence-corrected chi connectivity index (χ4v) is 3.23. The van der Waals surface area contributed by atoms with Gasteiger partial charge in [0, 0.05) is 28.2 Å². The smallest absolute Gasteiger partial charge is 0.182 e. The Kier molecular flexibility index (Phi) is 3.15. The van der Waals surface area contributed by atoms with Gasteiger partial charge in [0.1, 0.15) is 5.82 Å². The molecule has 0 aliphatic carbocycles. The number of pyridine rings is 1. The molecule has 126 valence electrons. The van der Waals surface area contributed by atoms with Crippen LogP contribution in [0.5, 0.6) is 0 Å². The molecule has 4 nitrogen and oxygen atoms in total. The number of nitrogens with one attached hydrogen (secondary N) is 2. The van der Waals surface area contributed by atoms with E-state index in [0.29, 0.717) is 11.2 Å². The second-order valence-electron chi connectivity index (χ2n) is 6.41. The van der Waals surface area contributed by atoms with E-state index in [4.69, 9.17) is 0 Å². The first-order valence-corrected chi connectivity index (χ1v) is 8.38. The highest BCUT2D eigenvalue weighted by atomic mass is 19.1. The van der Waals surface area contributed by atoms with Gasteiger partial charge in [0.2, 0.25) is 0 Å². The van der Waals surface area contributed by atoms with E-state index in [9.17, 15) is 4.39 Å². The lowest BCUT2D eigenvalue weighted by atomic mass is 10.1. The van der Waals surface area contributed by atoms with Gasteiger partial charge in [-0.3, -0.25) is 5.10 Å². The normalized spacial score (nSPS) is 11.5. The highest BCUT2D eigenvalue weighted by Gasteiger charge is 2.12. The highest BCUT2D eigenvalue weighted by Crippen LogP contribution is 2.29. The minimum atomic E-state index is -0.228. The lowest BCUT2D eigenvalue weighted by Gasteiger charge is -2.03. The van der Waals surface area contributed by atoms with Crippen molar-refractivity contribution in [1.82, 2.24) is 20.2 Å². The summed E-state index contributed by atoms with van der Waals surface area (Å²) in [4.78, 5) is 7.89. The Hall–Kier alpha value is -3.47. The van der Waals surface area contributed by atoms with Crippen molar-refractivity contribution in [1.29, 1.82) is 0 Å². The summed E-state index contributed by atoms with van der Waals surface area (Å²) in [5.41, 5.74) is 5.72. The third-order valence-electron chi connectivity index (χ3n) is 4.73. The number of nitrogens with zero attached hydrogens (tertiary/aromatic N) is 2. The average Bonchev–Trinajstić information content (AvgIpc) is 3.29. The van der Waals surface area contributed by atoms with Gasteiger partial charge in [0.25, 0.3) is 0 Å². The zero-order chi connectivity index (χ0) is 17.7. The number of aromatic amines is 2. The van der Waals surface area contributed by atoms with Crippen LogP contribution in [0.25, 0.3) is 44.5 Å². The molecule has 0 bridgehead atoms. The summed E-state index contributed by atoms with van der Waals surface area (Å²) in [6, 6.07) is 17.4. The summed E-state index contributed by atoms with van der Waals surface area (Å²) in [6.45, 7) is 1.75. The standard InChI is InChI=1S/C21H15FN4/c1-12-2-3-15(10-17(12)22)20-16-6-7-18(24-21(16)26-25-20)14-5-4-13-8-9-23-19(13)11-14/h2-11,23H,1H3,(H,24,25,26). The number of aryl methyl sites for hydroxylation is 1. The monoisotopic (exact) mass is 342 g/mol. The Morgan fingerprint density at radius 1 is 0.923 bits per heavy atom. The van der Waals surface area contributed by atoms with Crippen LogP contribution in [-0.4, -0.2) is 20.2 Å². The number of hydrogen-bond acceptors (Lipinski definition) is 2. The molecule has 0 saturated carbocycles. The van der Waals surface area contributed by atoms with Crippen molar-refractivity contribution in [2.75, 3.05) is 0 Å². The van der Waals surface area contributed by atoms with Gasteiger partial charge in [-0.1, -0.05) is 24.3 Å². The molecule has 0 saturated heterocycles. The lowest BCUT2D eigenvalue weighted by Crippen LogP contribution is -1.86. The molecule has 5 aromatic rings. The van der Waals surface area contributed by atoms with Gasteiger partial charge < -0.3 is 4.98 Å². The third-order valence-corrected chi connectivity index (χ3v) is 4.73. The Labute approximate surface area is 148 Å². The summed E-state index contributed by atoms with van der Waals surface area (Å²) in [5.74, 6) is -0.228. The van der Waals surface area contributed by atoms with Gasteiger partial charge in [-0.15, -0.1) is 0 Å². The lowest BCUT2D eigenvalue weighted by molar-refractivity contribution is 0.619. The van der Waals surface area contributed by atoms with Crippen LogP contribution in [0.1, 0.15) is 5.56 Å². The molecule has 3 aromatic heterocycles. The van der Waals surface area contributed by atoms with Gasteiger partial charge in [-0.2, -0.15) is 5.10 Å². The number of H-pyrrole nitrogens is 2.